The van der Waals surface area contributed by atoms with Crippen LogP contribution in [0.15, 0.2) is 5.03 Å². The molecule has 0 N–H and O–H groups in total. The highest BCUT2D eigenvalue weighted by molar-refractivity contribution is 7.98. The highest BCUT2D eigenvalue weighted by atomic mass is 32.2. The summed E-state index contributed by atoms with van der Waals surface area (Å²) < 4.78 is 37.2. The van der Waals surface area contributed by atoms with E-state index in [0.717, 1.165) is 4.68 Å². The molecule has 0 bridgehead atoms. The first kappa shape index (κ1) is 9.44. The molecule has 0 saturated heterocycles. The van der Waals surface area contributed by atoms with Crippen LogP contribution in [0.4, 0.5) is 13.2 Å². The van der Waals surface area contributed by atoms with Crippen molar-refractivity contribution in [1.29, 1.82) is 0 Å². The predicted molar refractivity (Wildman–Crippen MR) is 38.8 cm³/mol. The van der Waals surface area contributed by atoms with Gasteiger partial charge in [-0.05, 0) is 6.26 Å². The number of hydrogen-bond acceptors (Lipinski definition) is 2. The Morgan fingerprint density at radius 3 is 2.33 bits per heavy atom. The van der Waals surface area contributed by atoms with Gasteiger partial charge in [-0.1, -0.05) is 0 Å². The van der Waals surface area contributed by atoms with Gasteiger partial charge in [-0.3, -0.25) is 4.68 Å². The molecular formula is C6H6F3N2S. The van der Waals surface area contributed by atoms with Gasteiger partial charge in [0, 0.05) is 7.05 Å². The second-order valence-electron chi connectivity index (χ2n) is 2.10. The second kappa shape index (κ2) is 3.01. The van der Waals surface area contributed by atoms with Crippen molar-refractivity contribution in [3.05, 3.63) is 11.8 Å². The molecule has 0 spiro atoms. The Morgan fingerprint density at radius 2 is 2.08 bits per heavy atom. The van der Waals surface area contributed by atoms with Gasteiger partial charge >= 0.3 is 6.18 Å². The van der Waals surface area contributed by atoms with Crippen molar-refractivity contribution in [1.82, 2.24) is 9.78 Å². The Kier molecular flexibility index (Phi) is 2.36. The van der Waals surface area contributed by atoms with Crippen molar-refractivity contribution in [2.75, 3.05) is 6.26 Å². The lowest BCUT2D eigenvalue weighted by atomic mass is 10.4. The molecule has 0 saturated carbocycles. The molecule has 0 fully saturated rings. The number of halogens is 3. The summed E-state index contributed by atoms with van der Waals surface area (Å²) >= 11 is 1.18. The maximum Gasteiger partial charge on any atom is 0.435 e. The van der Waals surface area contributed by atoms with Crippen molar-refractivity contribution >= 4 is 11.8 Å². The van der Waals surface area contributed by atoms with Crippen molar-refractivity contribution in [3.63, 3.8) is 0 Å². The van der Waals surface area contributed by atoms with Crippen LogP contribution in [-0.2, 0) is 13.2 Å². The molecule has 12 heavy (non-hydrogen) atoms. The number of nitrogens with zero attached hydrogens (tertiary/aromatic N) is 2. The number of hydrogen-bond donors (Lipinski definition) is 0. The van der Waals surface area contributed by atoms with E-state index in [2.05, 4.69) is 11.2 Å². The average Bonchev–Trinajstić information content (AvgIpc) is 2.29. The summed E-state index contributed by atoms with van der Waals surface area (Å²) in [4.78, 5) is 0. The lowest BCUT2D eigenvalue weighted by Crippen LogP contribution is -2.06. The van der Waals surface area contributed by atoms with Crippen LogP contribution in [0.5, 0.6) is 0 Å². The summed E-state index contributed by atoms with van der Waals surface area (Å²) in [6, 6.07) is 2.16. The Hall–Kier alpha value is -0.650. The van der Waals surface area contributed by atoms with Gasteiger partial charge < -0.3 is 0 Å². The van der Waals surface area contributed by atoms with E-state index in [1.165, 1.54) is 18.8 Å². The van der Waals surface area contributed by atoms with Crippen LogP contribution in [0, 0.1) is 6.07 Å². The van der Waals surface area contributed by atoms with Gasteiger partial charge in [0.15, 0.2) is 5.69 Å². The molecular weight excluding hydrogens is 189 g/mol. The second-order valence-corrected chi connectivity index (χ2v) is 2.90. The van der Waals surface area contributed by atoms with Crippen molar-refractivity contribution in [2.45, 2.75) is 11.2 Å². The van der Waals surface area contributed by atoms with Gasteiger partial charge in [0.05, 0.1) is 6.07 Å². The van der Waals surface area contributed by atoms with Gasteiger partial charge in [-0.15, -0.1) is 11.8 Å². The minimum absolute atomic E-state index is 0.377. The molecule has 6 heteroatoms. The lowest BCUT2D eigenvalue weighted by molar-refractivity contribution is -0.141. The van der Waals surface area contributed by atoms with E-state index in [1.54, 1.807) is 6.26 Å². The summed E-state index contributed by atoms with van der Waals surface area (Å²) in [5.41, 5.74) is -0.964. The number of aromatic nitrogens is 2. The van der Waals surface area contributed by atoms with E-state index in [-0.39, 0.29) is 0 Å². The average molecular weight is 195 g/mol. The standard InChI is InChI=1S/C6H6F3N2S/c1-11-5(12-2)3-4(10-11)6(7,8)9/h1-2H3. The number of rotatable bonds is 1. The van der Waals surface area contributed by atoms with Crippen LogP contribution in [0.2, 0.25) is 0 Å². The fourth-order valence-corrected chi connectivity index (χ4v) is 1.22. The van der Waals surface area contributed by atoms with Crippen molar-refractivity contribution < 1.29 is 13.2 Å². The Bertz CT molecular complexity index is 279. The molecule has 0 amide bonds. The molecule has 0 aliphatic carbocycles. The van der Waals surface area contributed by atoms with Gasteiger partial charge in [-0.2, -0.15) is 18.3 Å². The third-order valence-corrected chi connectivity index (χ3v) is 1.98. The van der Waals surface area contributed by atoms with Crippen LogP contribution >= 0.6 is 11.8 Å². The summed E-state index contributed by atoms with van der Waals surface area (Å²) in [6.07, 6.45) is -2.72. The molecule has 0 aliphatic rings. The molecule has 1 heterocycles. The number of alkyl halides is 3. The molecule has 0 atom stereocenters. The smallest absolute Gasteiger partial charge is 0.261 e. The van der Waals surface area contributed by atoms with E-state index in [9.17, 15) is 13.2 Å². The zero-order valence-electron chi connectivity index (χ0n) is 6.44. The first-order valence-corrected chi connectivity index (χ1v) is 4.25. The Balaban J connectivity index is 3.05. The van der Waals surface area contributed by atoms with E-state index in [0.29, 0.717) is 5.03 Å². The molecule has 0 aromatic carbocycles. The SMILES string of the molecule is CSc1[c]c(C(F)(F)F)nn1C. The van der Waals surface area contributed by atoms with Crippen molar-refractivity contribution in [2.24, 2.45) is 7.05 Å². The predicted octanol–water partition coefficient (Wildman–Crippen LogP) is 1.96. The normalized spacial score (nSPS) is 12.1. The maximum absolute atomic E-state index is 12.0. The third-order valence-electron chi connectivity index (χ3n) is 1.23. The molecule has 1 aromatic heterocycles. The summed E-state index contributed by atoms with van der Waals surface area (Å²) in [5.74, 6) is 0. The Labute approximate surface area is 71.8 Å². The van der Waals surface area contributed by atoms with E-state index in [1.807, 2.05) is 0 Å². The zero-order chi connectivity index (χ0) is 9.35. The van der Waals surface area contributed by atoms with E-state index < -0.39 is 11.9 Å². The quantitative estimate of drug-likeness (QED) is 0.637. The van der Waals surface area contributed by atoms with Gasteiger partial charge in [-0.25, -0.2) is 0 Å². The largest absolute Gasteiger partial charge is 0.435 e. The first-order chi connectivity index (χ1) is 5.45. The summed E-state index contributed by atoms with van der Waals surface area (Å²) in [5, 5.41) is 3.65. The first-order valence-electron chi connectivity index (χ1n) is 3.02. The van der Waals surface area contributed by atoms with Gasteiger partial charge in [0.2, 0.25) is 0 Å². The molecule has 1 radical (unpaired) electrons. The highest BCUT2D eigenvalue weighted by Gasteiger charge is 2.34. The monoisotopic (exact) mass is 195 g/mol. The van der Waals surface area contributed by atoms with Crippen LogP contribution < -0.4 is 0 Å². The third kappa shape index (κ3) is 1.74. The van der Waals surface area contributed by atoms with Crippen LogP contribution in [0.3, 0.4) is 0 Å². The maximum atomic E-state index is 12.0. The number of thioether (sulfide) groups is 1. The van der Waals surface area contributed by atoms with Crippen LogP contribution in [0.25, 0.3) is 0 Å². The van der Waals surface area contributed by atoms with E-state index >= 15 is 0 Å². The summed E-state index contributed by atoms with van der Waals surface area (Å²) in [6.45, 7) is 0. The molecule has 0 unspecified atom stereocenters. The fourth-order valence-electron chi connectivity index (χ4n) is 0.713. The van der Waals surface area contributed by atoms with Gasteiger partial charge in [0.1, 0.15) is 5.03 Å². The van der Waals surface area contributed by atoms with Crippen LogP contribution in [-0.4, -0.2) is 16.0 Å². The fraction of sp³-hybridized carbons (Fsp3) is 0.500. The topological polar surface area (TPSA) is 17.8 Å². The van der Waals surface area contributed by atoms with Gasteiger partial charge in [0.25, 0.3) is 0 Å². The van der Waals surface area contributed by atoms with Crippen molar-refractivity contribution in [3.8, 4) is 0 Å². The minimum atomic E-state index is -4.40. The molecule has 0 aliphatic heterocycles. The Morgan fingerprint density at radius 1 is 1.50 bits per heavy atom. The molecule has 1 aromatic rings. The molecule has 2 nitrogen and oxygen atoms in total. The number of aryl methyl sites for hydroxylation is 1. The molecule has 67 valence electrons. The van der Waals surface area contributed by atoms with Crippen LogP contribution in [0.1, 0.15) is 5.69 Å². The summed E-state index contributed by atoms with van der Waals surface area (Å²) in [7, 11) is 1.46. The highest BCUT2D eigenvalue weighted by Crippen LogP contribution is 2.29. The zero-order valence-corrected chi connectivity index (χ0v) is 7.25. The lowest BCUT2D eigenvalue weighted by Gasteiger charge is -1.98. The van der Waals surface area contributed by atoms with E-state index in [4.69, 9.17) is 0 Å². The molecule has 1 rings (SSSR count). The minimum Gasteiger partial charge on any atom is -0.261 e.